The molecule has 0 radical (unpaired) electrons. The summed E-state index contributed by atoms with van der Waals surface area (Å²) in [5.74, 6) is -0.339. The number of rotatable bonds is 7. The van der Waals surface area contributed by atoms with Gasteiger partial charge in [0.15, 0.2) is 0 Å². The van der Waals surface area contributed by atoms with Gasteiger partial charge in [-0.05, 0) is 49.6 Å². The summed E-state index contributed by atoms with van der Waals surface area (Å²) in [6.45, 7) is 5.60. The molecule has 2 aromatic rings. The van der Waals surface area contributed by atoms with Gasteiger partial charge in [-0.1, -0.05) is 52.7 Å². The zero-order valence-corrected chi connectivity index (χ0v) is 18.4. The molecule has 2 aromatic carbocycles. The van der Waals surface area contributed by atoms with Gasteiger partial charge in [0.25, 0.3) is 0 Å². The van der Waals surface area contributed by atoms with Crippen molar-refractivity contribution in [1.29, 1.82) is 0 Å². The molecule has 7 heteroatoms. The van der Waals surface area contributed by atoms with Crippen LogP contribution in [0.1, 0.15) is 36.1 Å². The lowest BCUT2D eigenvalue weighted by molar-refractivity contribution is -0.120. The van der Waals surface area contributed by atoms with Gasteiger partial charge in [-0.15, -0.1) is 0 Å². The van der Waals surface area contributed by atoms with Crippen molar-refractivity contribution < 1.29 is 13.2 Å². The van der Waals surface area contributed by atoms with Crippen LogP contribution in [-0.2, 0) is 14.8 Å². The molecule has 0 unspecified atom stereocenters. The van der Waals surface area contributed by atoms with E-state index in [1.807, 2.05) is 45.0 Å². The third-order valence-corrected chi connectivity index (χ3v) is 6.37. The summed E-state index contributed by atoms with van der Waals surface area (Å²) in [7, 11) is -3.60. The van der Waals surface area contributed by atoms with Gasteiger partial charge in [0.05, 0.1) is 18.0 Å². The average Bonchev–Trinajstić information content (AvgIpc) is 2.60. The summed E-state index contributed by atoms with van der Waals surface area (Å²) in [6.07, 6.45) is 1.82. The van der Waals surface area contributed by atoms with Crippen LogP contribution < -0.4 is 9.62 Å². The first kappa shape index (κ1) is 21.4. The lowest BCUT2D eigenvalue weighted by Crippen LogP contribution is -2.41. The second-order valence-electron chi connectivity index (χ2n) is 6.64. The Kier molecular flexibility index (Phi) is 7.06. The molecule has 0 fully saturated rings. The normalized spacial score (nSPS) is 12.5. The summed E-state index contributed by atoms with van der Waals surface area (Å²) < 4.78 is 26.5. The van der Waals surface area contributed by atoms with Crippen molar-refractivity contribution in [2.75, 3.05) is 17.1 Å². The van der Waals surface area contributed by atoms with Crippen molar-refractivity contribution in [2.45, 2.75) is 33.2 Å². The highest BCUT2D eigenvalue weighted by Gasteiger charge is 2.23. The van der Waals surface area contributed by atoms with Crippen molar-refractivity contribution in [1.82, 2.24) is 5.32 Å². The van der Waals surface area contributed by atoms with E-state index < -0.39 is 10.0 Å². The van der Waals surface area contributed by atoms with Crippen molar-refractivity contribution in [3.05, 3.63) is 63.6 Å². The maximum atomic E-state index is 12.6. The highest BCUT2D eigenvalue weighted by molar-refractivity contribution is 9.10. The fourth-order valence-electron chi connectivity index (χ4n) is 2.77. The Hall–Kier alpha value is -1.86. The minimum absolute atomic E-state index is 0.161. The van der Waals surface area contributed by atoms with Gasteiger partial charge in [0, 0.05) is 4.47 Å². The van der Waals surface area contributed by atoms with Crippen LogP contribution in [0, 0.1) is 13.8 Å². The Bertz CT molecular complexity index is 911. The Morgan fingerprint density at radius 2 is 1.78 bits per heavy atom. The number of sulfonamides is 1. The minimum atomic E-state index is -3.60. The van der Waals surface area contributed by atoms with Crippen LogP contribution in [0.4, 0.5) is 5.69 Å². The summed E-state index contributed by atoms with van der Waals surface area (Å²) in [6, 6.07) is 13.0. The topological polar surface area (TPSA) is 66.5 Å². The van der Waals surface area contributed by atoms with Gasteiger partial charge in [-0.25, -0.2) is 8.42 Å². The first-order valence-electron chi connectivity index (χ1n) is 8.71. The van der Waals surface area contributed by atoms with Crippen LogP contribution in [0.25, 0.3) is 0 Å². The predicted molar refractivity (Wildman–Crippen MR) is 113 cm³/mol. The zero-order valence-electron chi connectivity index (χ0n) is 16.0. The van der Waals surface area contributed by atoms with Gasteiger partial charge in [-0.2, -0.15) is 0 Å². The summed E-state index contributed by atoms with van der Waals surface area (Å²) >= 11 is 3.41. The number of hydrogen-bond donors (Lipinski definition) is 1. The van der Waals surface area contributed by atoms with Gasteiger partial charge in [-0.3, -0.25) is 9.10 Å². The van der Waals surface area contributed by atoms with E-state index in [1.54, 1.807) is 18.2 Å². The van der Waals surface area contributed by atoms with E-state index in [2.05, 4.69) is 21.2 Å². The molecule has 0 heterocycles. The second-order valence-corrected chi connectivity index (χ2v) is 9.40. The molecule has 1 atom stereocenters. The molecule has 0 spiro atoms. The first-order chi connectivity index (χ1) is 12.6. The molecule has 1 amide bonds. The third kappa shape index (κ3) is 5.81. The van der Waals surface area contributed by atoms with Crippen LogP contribution in [0.15, 0.2) is 46.9 Å². The number of nitrogens with one attached hydrogen (secondary N) is 1. The van der Waals surface area contributed by atoms with Crippen molar-refractivity contribution in [2.24, 2.45) is 0 Å². The van der Waals surface area contributed by atoms with E-state index in [1.165, 1.54) is 0 Å². The number of carbonyl (C=O) groups is 1. The molecule has 146 valence electrons. The number of aryl methyl sites for hydroxylation is 2. The molecular formula is C20H25BrN2O3S. The third-order valence-electron chi connectivity index (χ3n) is 4.34. The molecule has 0 saturated heterocycles. The second kappa shape index (κ2) is 8.89. The predicted octanol–water partition coefficient (Wildman–Crippen LogP) is 4.10. The molecule has 0 bridgehead atoms. The maximum absolute atomic E-state index is 12.6. The minimum Gasteiger partial charge on any atom is -0.348 e. The Labute approximate surface area is 170 Å². The zero-order chi connectivity index (χ0) is 20.2. The number of amides is 1. The lowest BCUT2D eigenvalue weighted by atomic mass is 10.0. The highest BCUT2D eigenvalue weighted by atomic mass is 79.9. The number of anilines is 1. The number of hydrogen-bond acceptors (Lipinski definition) is 3. The van der Waals surface area contributed by atoms with E-state index in [0.717, 1.165) is 31.7 Å². The van der Waals surface area contributed by atoms with E-state index in [9.17, 15) is 13.2 Å². The monoisotopic (exact) mass is 452 g/mol. The van der Waals surface area contributed by atoms with E-state index >= 15 is 0 Å². The molecule has 5 nitrogen and oxygen atoms in total. The molecule has 1 N–H and O–H groups in total. The van der Waals surface area contributed by atoms with Crippen LogP contribution in [0.2, 0.25) is 0 Å². The van der Waals surface area contributed by atoms with E-state index in [-0.39, 0.29) is 18.5 Å². The summed E-state index contributed by atoms with van der Waals surface area (Å²) in [4.78, 5) is 12.6. The quantitative estimate of drug-likeness (QED) is 0.687. The smallest absolute Gasteiger partial charge is 0.241 e. The SMILES string of the molecule is CC[C@H](NC(=O)CN(c1ccc(Br)c(C)c1)S(C)(=O)=O)c1ccc(C)cc1. The summed E-state index contributed by atoms with van der Waals surface area (Å²) in [5, 5.41) is 2.95. The van der Waals surface area contributed by atoms with E-state index in [4.69, 9.17) is 0 Å². The fourth-order valence-corrected chi connectivity index (χ4v) is 3.87. The Morgan fingerprint density at radius 1 is 1.15 bits per heavy atom. The summed E-state index contributed by atoms with van der Waals surface area (Å²) in [5.41, 5.74) is 3.51. The number of nitrogens with zero attached hydrogens (tertiary/aromatic N) is 1. The number of halogens is 1. The van der Waals surface area contributed by atoms with Crippen LogP contribution in [0.3, 0.4) is 0 Å². The highest BCUT2D eigenvalue weighted by Crippen LogP contribution is 2.25. The van der Waals surface area contributed by atoms with E-state index in [0.29, 0.717) is 12.1 Å². The average molecular weight is 453 g/mol. The lowest BCUT2D eigenvalue weighted by Gasteiger charge is -2.24. The van der Waals surface area contributed by atoms with Crippen LogP contribution >= 0.6 is 15.9 Å². The van der Waals surface area contributed by atoms with Crippen molar-refractivity contribution >= 4 is 37.5 Å². The van der Waals surface area contributed by atoms with Gasteiger partial charge in [0.2, 0.25) is 15.9 Å². The van der Waals surface area contributed by atoms with Crippen LogP contribution in [-0.4, -0.2) is 27.1 Å². The number of carbonyl (C=O) groups excluding carboxylic acids is 1. The molecular weight excluding hydrogens is 428 g/mol. The molecule has 0 aliphatic heterocycles. The Morgan fingerprint density at radius 3 is 2.30 bits per heavy atom. The van der Waals surface area contributed by atoms with Crippen molar-refractivity contribution in [3.8, 4) is 0 Å². The largest absolute Gasteiger partial charge is 0.348 e. The first-order valence-corrected chi connectivity index (χ1v) is 11.4. The maximum Gasteiger partial charge on any atom is 0.241 e. The molecule has 2 rings (SSSR count). The van der Waals surface area contributed by atoms with Crippen molar-refractivity contribution in [3.63, 3.8) is 0 Å². The van der Waals surface area contributed by atoms with Crippen LogP contribution in [0.5, 0.6) is 0 Å². The molecule has 0 aliphatic rings. The molecule has 0 aromatic heterocycles. The van der Waals surface area contributed by atoms with Gasteiger partial charge < -0.3 is 5.32 Å². The van der Waals surface area contributed by atoms with Gasteiger partial charge in [0.1, 0.15) is 6.54 Å². The fraction of sp³-hybridized carbons (Fsp3) is 0.350. The molecule has 0 aliphatic carbocycles. The molecule has 27 heavy (non-hydrogen) atoms. The Balaban J connectivity index is 2.20. The standard InChI is InChI=1S/C20H25BrN2O3S/c1-5-19(16-8-6-14(2)7-9-16)22-20(24)13-23(27(4,25)26)17-10-11-18(21)15(3)12-17/h6-12,19H,5,13H2,1-4H3,(H,22,24)/t19-/m0/s1. The number of benzene rings is 2. The van der Waals surface area contributed by atoms with Gasteiger partial charge >= 0.3 is 0 Å². The molecule has 0 saturated carbocycles.